The summed E-state index contributed by atoms with van der Waals surface area (Å²) in [6.07, 6.45) is 7.16. The van der Waals surface area contributed by atoms with Crippen molar-refractivity contribution in [2.24, 2.45) is 0 Å². The van der Waals surface area contributed by atoms with Gasteiger partial charge in [-0.15, -0.1) is 5.73 Å². The van der Waals surface area contributed by atoms with Gasteiger partial charge < -0.3 is 4.90 Å². The van der Waals surface area contributed by atoms with Crippen molar-refractivity contribution >= 4 is 17.5 Å². The Morgan fingerprint density at radius 1 is 1.22 bits per heavy atom. The maximum absolute atomic E-state index is 11.5. The van der Waals surface area contributed by atoms with Crippen LogP contribution in [0.25, 0.3) is 6.08 Å². The summed E-state index contributed by atoms with van der Waals surface area (Å²) < 4.78 is 0. The topological polar surface area (TPSA) is 20.3 Å². The van der Waals surface area contributed by atoms with Crippen LogP contribution in [0.15, 0.2) is 47.7 Å². The standard InChI is InChI=1S/C16H17NO/c1-17(2)15-11-8-13(9-12-15)7-10-14-5-3-4-6-16(14)18/h4,6-9,11-12H,3,5H2,1-2H3. The van der Waals surface area contributed by atoms with Gasteiger partial charge in [0, 0.05) is 25.4 Å². The van der Waals surface area contributed by atoms with E-state index < -0.39 is 0 Å². The number of benzene rings is 1. The summed E-state index contributed by atoms with van der Waals surface area (Å²) in [6, 6.07) is 8.18. The molecule has 0 atom stereocenters. The van der Waals surface area contributed by atoms with E-state index in [-0.39, 0.29) is 5.78 Å². The molecule has 92 valence electrons. The van der Waals surface area contributed by atoms with Gasteiger partial charge in [-0.3, -0.25) is 4.79 Å². The molecule has 0 fully saturated rings. The first-order valence-electron chi connectivity index (χ1n) is 6.10. The number of rotatable bonds is 2. The average Bonchev–Trinajstić information content (AvgIpc) is 2.38. The third-order valence-electron chi connectivity index (χ3n) is 2.95. The first-order chi connectivity index (χ1) is 8.66. The van der Waals surface area contributed by atoms with Crippen molar-refractivity contribution in [3.05, 3.63) is 53.3 Å². The molecule has 2 nitrogen and oxygen atoms in total. The number of ketones is 1. The zero-order valence-electron chi connectivity index (χ0n) is 10.8. The number of hydrogen-bond donors (Lipinski definition) is 0. The molecule has 1 aliphatic rings. The molecular formula is C16H17NO. The fourth-order valence-corrected chi connectivity index (χ4v) is 1.82. The van der Waals surface area contributed by atoms with Crippen molar-refractivity contribution in [3.8, 4) is 0 Å². The highest BCUT2D eigenvalue weighted by Gasteiger charge is 2.08. The van der Waals surface area contributed by atoms with Crippen LogP contribution in [-0.4, -0.2) is 19.9 Å². The number of carbonyl (C=O) groups is 1. The fourth-order valence-electron chi connectivity index (χ4n) is 1.82. The van der Waals surface area contributed by atoms with Crippen molar-refractivity contribution in [2.45, 2.75) is 12.8 Å². The Bertz CT molecular complexity index is 529. The Kier molecular flexibility index (Phi) is 3.81. The number of nitrogens with zero attached hydrogens (tertiary/aromatic N) is 1. The van der Waals surface area contributed by atoms with Crippen LogP contribution in [-0.2, 0) is 4.79 Å². The summed E-state index contributed by atoms with van der Waals surface area (Å²) in [5.41, 5.74) is 6.11. The summed E-state index contributed by atoms with van der Waals surface area (Å²) in [5.74, 6) is 0.0856. The maximum atomic E-state index is 11.5. The normalized spacial score (nSPS) is 14.3. The lowest BCUT2D eigenvalue weighted by Crippen LogP contribution is -2.07. The average molecular weight is 239 g/mol. The molecule has 0 saturated heterocycles. The summed E-state index contributed by atoms with van der Waals surface area (Å²) in [6.45, 7) is 0. The Morgan fingerprint density at radius 3 is 2.56 bits per heavy atom. The van der Waals surface area contributed by atoms with Gasteiger partial charge in [-0.1, -0.05) is 18.2 Å². The van der Waals surface area contributed by atoms with Gasteiger partial charge in [0.2, 0.25) is 0 Å². The van der Waals surface area contributed by atoms with Gasteiger partial charge in [-0.05, 0) is 42.7 Å². The van der Waals surface area contributed by atoms with E-state index in [4.69, 9.17) is 0 Å². The Morgan fingerprint density at radius 2 is 1.94 bits per heavy atom. The van der Waals surface area contributed by atoms with E-state index in [2.05, 4.69) is 22.8 Å². The number of hydrogen-bond acceptors (Lipinski definition) is 2. The van der Waals surface area contributed by atoms with E-state index in [0.717, 1.165) is 29.7 Å². The third-order valence-corrected chi connectivity index (χ3v) is 2.95. The Hall–Kier alpha value is -2.05. The molecule has 2 heteroatoms. The van der Waals surface area contributed by atoms with Crippen LogP contribution >= 0.6 is 0 Å². The molecule has 0 saturated carbocycles. The Balaban J connectivity index is 2.20. The zero-order valence-corrected chi connectivity index (χ0v) is 10.8. The SMILES string of the molecule is CN(C)c1ccc(C=C=C2CCC=CC2=O)cc1. The van der Waals surface area contributed by atoms with Crippen LogP contribution in [0, 0.1) is 0 Å². The molecule has 0 amide bonds. The molecule has 1 aromatic carbocycles. The van der Waals surface area contributed by atoms with Gasteiger partial charge in [0.1, 0.15) is 0 Å². The molecule has 0 spiro atoms. The van der Waals surface area contributed by atoms with Crippen LogP contribution in [0.2, 0.25) is 0 Å². The molecule has 0 N–H and O–H groups in total. The molecule has 0 radical (unpaired) electrons. The van der Waals surface area contributed by atoms with Crippen LogP contribution < -0.4 is 4.90 Å². The number of anilines is 1. The second-order valence-corrected chi connectivity index (χ2v) is 4.56. The van der Waals surface area contributed by atoms with E-state index in [9.17, 15) is 4.79 Å². The van der Waals surface area contributed by atoms with Crippen LogP contribution in [0.4, 0.5) is 5.69 Å². The predicted octanol–water partition coefficient (Wildman–Crippen LogP) is 3.21. The summed E-state index contributed by atoms with van der Waals surface area (Å²) >= 11 is 0. The monoisotopic (exact) mass is 239 g/mol. The molecule has 1 aromatic rings. The number of carbonyl (C=O) groups excluding carboxylic acids is 1. The van der Waals surface area contributed by atoms with E-state index in [1.807, 2.05) is 38.4 Å². The lowest BCUT2D eigenvalue weighted by Gasteiger charge is -2.11. The second-order valence-electron chi connectivity index (χ2n) is 4.56. The van der Waals surface area contributed by atoms with Crippen LogP contribution in [0.3, 0.4) is 0 Å². The fraction of sp³-hybridized carbons (Fsp3) is 0.250. The smallest absolute Gasteiger partial charge is 0.189 e. The van der Waals surface area contributed by atoms with E-state index in [1.54, 1.807) is 6.08 Å². The molecule has 0 bridgehead atoms. The molecule has 0 aliphatic heterocycles. The largest absolute Gasteiger partial charge is 0.378 e. The maximum Gasteiger partial charge on any atom is 0.189 e. The molecule has 18 heavy (non-hydrogen) atoms. The summed E-state index contributed by atoms with van der Waals surface area (Å²) in [4.78, 5) is 13.6. The molecule has 0 unspecified atom stereocenters. The van der Waals surface area contributed by atoms with Crippen molar-refractivity contribution in [2.75, 3.05) is 19.0 Å². The minimum atomic E-state index is 0.0856. The highest BCUT2D eigenvalue weighted by atomic mass is 16.1. The summed E-state index contributed by atoms with van der Waals surface area (Å²) in [5, 5.41) is 0. The van der Waals surface area contributed by atoms with Gasteiger partial charge in [-0.25, -0.2) is 0 Å². The van der Waals surface area contributed by atoms with Crippen LogP contribution in [0.5, 0.6) is 0 Å². The minimum absolute atomic E-state index is 0.0856. The third kappa shape index (κ3) is 2.99. The van der Waals surface area contributed by atoms with Gasteiger partial charge in [0.05, 0.1) is 0 Å². The van der Waals surface area contributed by atoms with E-state index in [1.165, 1.54) is 0 Å². The molecule has 2 rings (SSSR count). The second kappa shape index (κ2) is 5.52. The van der Waals surface area contributed by atoms with Gasteiger partial charge in [0.25, 0.3) is 0 Å². The van der Waals surface area contributed by atoms with Crippen LogP contribution in [0.1, 0.15) is 18.4 Å². The molecular weight excluding hydrogens is 222 g/mol. The van der Waals surface area contributed by atoms with Gasteiger partial charge in [0.15, 0.2) is 5.78 Å². The van der Waals surface area contributed by atoms with Gasteiger partial charge >= 0.3 is 0 Å². The quantitative estimate of drug-likeness (QED) is 0.583. The minimum Gasteiger partial charge on any atom is -0.378 e. The van der Waals surface area contributed by atoms with Crippen molar-refractivity contribution in [1.29, 1.82) is 0 Å². The zero-order chi connectivity index (χ0) is 13.0. The highest BCUT2D eigenvalue weighted by Crippen LogP contribution is 2.15. The first-order valence-corrected chi connectivity index (χ1v) is 6.10. The summed E-state index contributed by atoms with van der Waals surface area (Å²) in [7, 11) is 4.03. The Labute approximate surface area is 108 Å². The van der Waals surface area contributed by atoms with Crippen molar-refractivity contribution in [3.63, 3.8) is 0 Å². The lowest BCUT2D eigenvalue weighted by molar-refractivity contribution is -0.111. The van der Waals surface area contributed by atoms with E-state index in [0.29, 0.717) is 0 Å². The predicted molar refractivity (Wildman–Crippen MR) is 75.6 cm³/mol. The highest BCUT2D eigenvalue weighted by molar-refractivity contribution is 6.04. The van der Waals surface area contributed by atoms with Gasteiger partial charge in [-0.2, -0.15) is 0 Å². The van der Waals surface area contributed by atoms with Crippen molar-refractivity contribution in [1.82, 2.24) is 0 Å². The molecule has 1 aliphatic carbocycles. The number of allylic oxidation sites excluding steroid dienone is 3. The molecule has 0 heterocycles. The molecule has 0 aromatic heterocycles. The van der Waals surface area contributed by atoms with E-state index >= 15 is 0 Å². The van der Waals surface area contributed by atoms with Crippen molar-refractivity contribution < 1.29 is 4.79 Å². The lowest BCUT2D eigenvalue weighted by atomic mass is 10.0. The first kappa shape index (κ1) is 12.4.